The zero-order valence-corrected chi connectivity index (χ0v) is 17.6. The van der Waals surface area contributed by atoms with Gasteiger partial charge in [0.2, 0.25) is 5.78 Å². The molecule has 0 spiro atoms. The topological polar surface area (TPSA) is 78.7 Å². The highest BCUT2D eigenvalue weighted by atomic mass is 32.2. The summed E-state index contributed by atoms with van der Waals surface area (Å²) in [7, 11) is 0. The van der Waals surface area contributed by atoms with Crippen molar-refractivity contribution in [2.45, 2.75) is 18.4 Å². The molecule has 0 bridgehead atoms. The van der Waals surface area contributed by atoms with Gasteiger partial charge in [-0.2, -0.15) is 0 Å². The van der Waals surface area contributed by atoms with Crippen LogP contribution in [0, 0.1) is 10.1 Å². The number of carbonyl (C=O) groups excluding carboxylic acids is 1. The molecule has 1 aliphatic heterocycles. The lowest BCUT2D eigenvalue weighted by molar-refractivity contribution is -0.384. The molecule has 0 amide bonds. The van der Waals surface area contributed by atoms with Crippen molar-refractivity contribution < 1.29 is 19.2 Å². The van der Waals surface area contributed by atoms with Crippen LogP contribution in [0.3, 0.4) is 0 Å². The summed E-state index contributed by atoms with van der Waals surface area (Å²) in [5, 5.41) is 11.0. The number of carbonyl (C=O) groups is 1. The van der Waals surface area contributed by atoms with Crippen LogP contribution in [-0.2, 0) is 6.61 Å². The van der Waals surface area contributed by atoms with E-state index in [0.717, 1.165) is 16.0 Å². The highest BCUT2D eigenvalue weighted by molar-refractivity contribution is 8.04. The minimum Gasteiger partial charge on any atom is -0.490 e. The molecule has 0 atom stereocenters. The molecule has 3 aromatic rings. The molecule has 0 aliphatic carbocycles. The van der Waals surface area contributed by atoms with Gasteiger partial charge in [0.05, 0.1) is 16.4 Å². The molecule has 7 heteroatoms. The molecule has 3 aromatic carbocycles. The number of benzene rings is 3. The molecule has 0 radical (unpaired) electrons. The molecule has 156 valence electrons. The average molecular weight is 433 g/mol. The monoisotopic (exact) mass is 433 g/mol. The van der Waals surface area contributed by atoms with Crippen LogP contribution >= 0.6 is 11.8 Å². The number of thioether (sulfide) groups is 1. The zero-order valence-electron chi connectivity index (χ0n) is 16.7. The van der Waals surface area contributed by atoms with Gasteiger partial charge in [0.1, 0.15) is 6.61 Å². The highest BCUT2D eigenvalue weighted by Gasteiger charge is 2.25. The Balaban J connectivity index is 1.54. The quantitative estimate of drug-likeness (QED) is 0.262. The van der Waals surface area contributed by atoms with Crippen LogP contribution in [0.4, 0.5) is 5.69 Å². The summed E-state index contributed by atoms with van der Waals surface area (Å²) in [5.74, 6) is 1.10. The fourth-order valence-electron chi connectivity index (χ4n) is 3.21. The molecule has 6 nitrogen and oxygen atoms in total. The Bertz CT molecular complexity index is 1190. The summed E-state index contributed by atoms with van der Waals surface area (Å²) >= 11 is 1.46. The first kappa shape index (κ1) is 20.7. The largest absolute Gasteiger partial charge is 0.490 e. The van der Waals surface area contributed by atoms with E-state index in [0.29, 0.717) is 28.6 Å². The van der Waals surface area contributed by atoms with Gasteiger partial charge in [-0.3, -0.25) is 14.9 Å². The van der Waals surface area contributed by atoms with Crippen LogP contribution in [0.5, 0.6) is 11.5 Å². The lowest BCUT2D eigenvalue weighted by Gasteiger charge is -2.13. The molecule has 1 aliphatic rings. The first-order chi connectivity index (χ1) is 15.0. The van der Waals surface area contributed by atoms with E-state index >= 15 is 0 Å². The number of nitro benzene ring substituents is 1. The number of ketones is 1. The number of hydrogen-bond donors (Lipinski definition) is 0. The maximum absolute atomic E-state index is 12.6. The molecular weight excluding hydrogens is 414 g/mol. The number of nitro groups is 1. The van der Waals surface area contributed by atoms with Crippen LogP contribution in [0.25, 0.3) is 6.08 Å². The lowest BCUT2D eigenvalue weighted by Crippen LogP contribution is -2.01. The Morgan fingerprint density at radius 3 is 2.61 bits per heavy atom. The third kappa shape index (κ3) is 4.62. The molecule has 0 saturated carbocycles. The van der Waals surface area contributed by atoms with Crippen molar-refractivity contribution in [1.82, 2.24) is 0 Å². The van der Waals surface area contributed by atoms with Gasteiger partial charge < -0.3 is 9.47 Å². The summed E-state index contributed by atoms with van der Waals surface area (Å²) in [6.07, 6.45) is 1.85. The Kier molecular flexibility index (Phi) is 6.04. The van der Waals surface area contributed by atoms with E-state index in [1.165, 1.54) is 23.9 Å². The molecule has 0 unspecified atom stereocenters. The molecule has 0 aromatic heterocycles. The predicted molar refractivity (Wildman–Crippen MR) is 120 cm³/mol. The summed E-state index contributed by atoms with van der Waals surface area (Å²) in [6.45, 7) is 2.50. The van der Waals surface area contributed by atoms with Crippen molar-refractivity contribution in [2.24, 2.45) is 0 Å². The van der Waals surface area contributed by atoms with Crippen molar-refractivity contribution in [3.63, 3.8) is 0 Å². The van der Waals surface area contributed by atoms with E-state index in [2.05, 4.69) is 0 Å². The number of Topliss-reactive ketones (excluding diaryl/α,β-unsaturated/α-hetero) is 1. The van der Waals surface area contributed by atoms with Gasteiger partial charge in [0.25, 0.3) is 5.69 Å². The highest BCUT2D eigenvalue weighted by Crippen LogP contribution is 2.41. The summed E-state index contributed by atoms with van der Waals surface area (Å²) < 4.78 is 11.6. The van der Waals surface area contributed by atoms with Gasteiger partial charge >= 0.3 is 0 Å². The van der Waals surface area contributed by atoms with E-state index < -0.39 is 4.92 Å². The maximum Gasteiger partial charge on any atom is 0.269 e. The van der Waals surface area contributed by atoms with Crippen molar-refractivity contribution in [2.75, 3.05) is 6.61 Å². The number of ether oxygens (including phenoxy) is 2. The minimum atomic E-state index is -0.433. The number of allylic oxidation sites excluding steroid dienone is 1. The van der Waals surface area contributed by atoms with Gasteiger partial charge in [-0.25, -0.2) is 0 Å². The number of fused-ring (bicyclic) bond motifs is 1. The first-order valence-corrected chi connectivity index (χ1v) is 10.5. The second-order valence-corrected chi connectivity index (χ2v) is 7.87. The third-order valence-corrected chi connectivity index (χ3v) is 5.76. The van der Waals surface area contributed by atoms with Crippen molar-refractivity contribution in [1.29, 1.82) is 0 Å². The maximum atomic E-state index is 12.6. The first-order valence-electron chi connectivity index (χ1n) is 9.71. The SMILES string of the molecule is CCOc1cc(/C=C2\Sc3ccccc3C2=O)ccc1OCc1cccc([N+](=O)[O-])c1. The smallest absolute Gasteiger partial charge is 0.269 e. The van der Waals surface area contributed by atoms with Crippen molar-refractivity contribution >= 4 is 29.3 Å². The summed E-state index contributed by atoms with van der Waals surface area (Å²) in [6, 6.07) is 19.4. The van der Waals surface area contributed by atoms with Crippen LogP contribution in [-0.4, -0.2) is 17.3 Å². The molecular formula is C24H19NO5S. The number of hydrogen-bond acceptors (Lipinski definition) is 6. The summed E-state index contributed by atoms with van der Waals surface area (Å²) in [4.78, 5) is 24.8. The Labute approximate surface area is 183 Å². The van der Waals surface area contributed by atoms with Crippen LogP contribution < -0.4 is 9.47 Å². The minimum absolute atomic E-state index is 0.0181. The molecule has 4 rings (SSSR count). The molecule has 0 fully saturated rings. The predicted octanol–water partition coefficient (Wildman–Crippen LogP) is 5.90. The van der Waals surface area contributed by atoms with E-state index in [-0.39, 0.29) is 18.1 Å². The lowest BCUT2D eigenvalue weighted by atomic mass is 10.1. The van der Waals surface area contributed by atoms with E-state index in [9.17, 15) is 14.9 Å². The van der Waals surface area contributed by atoms with E-state index in [1.807, 2.05) is 49.4 Å². The second kappa shape index (κ2) is 9.06. The molecule has 0 saturated heterocycles. The van der Waals surface area contributed by atoms with Gasteiger partial charge in [0.15, 0.2) is 11.5 Å². The Morgan fingerprint density at radius 1 is 1.00 bits per heavy atom. The van der Waals surface area contributed by atoms with Gasteiger partial charge in [-0.1, -0.05) is 42.1 Å². The average Bonchev–Trinajstić information content (AvgIpc) is 3.09. The number of non-ortho nitro benzene ring substituents is 1. The van der Waals surface area contributed by atoms with E-state index in [1.54, 1.807) is 18.2 Å². The van der Waals surface area contributed by atoms with Crippen molar-refractivity contribution in [3.05, 3.63) is 98.4 Å². The molecule has 1 heterocycles. The molecule has 31 heavy (non-hydrogen) atoms. The molecule has 0 N–H and O–H groups in total. The second-order valence-electron chi connectivity index (χ2n) is 6.79. The van der Waals surface area contributed by atoms with E-state index in [4.69, 9.17) is 9.47 Å². The van der Waals surface area contributed by atoms with Gasteiger partial charge in [-0.15, -0.1) is 0 Å². The summed E-state index contributed by atoms with van der Waals surface area (Å²) in [5.41, 5.74) is 2.26. The normalized spacial score (nSPS) is 13.8. The van der Waals surface area contributed by atoms with Gasteiger partial charge in [0, 0.05) is 22.6 Å². The van der Waals surface area contributed by atoms with Crippen LogP contribution in [0.2, 0.25) is 0 Å². The van der Waals surface area contributed by atoms with Crippen LogP contribution in [0.1, 0.15) is 28.4 Å². The number of rotatable bonds is 7. The third-order valence-electron chi connectivity index (χ3n) is 4.66. The fourth-order valence-corrected chi connectivity index (χ4v) is 4.26. The zero-order chi connectivity index (χ0) is 21.8. The van der Waals surface area contributed by atoms with Crippen LogP contribution in [0.15, 0.2) is 76.5 Å². The Hall–Kier alpha value is -3.58. The standard InChI is InChI=1S/C24H19NO5S/c1-2-29-21-13-16(14-23-24(26)19-8-3-4-9-22(19)31-23)10-11-20(21)30-15-17-6-5-7-18(12-17)25(27)28/h3-14H,2,15H2,1H3/b23-14-. The Morgan fingerprint density at radius 2 is 1.84 bits per heavy atom. The van der Waals surface area contributed by atoms with Gasteiger partial charge in [-0.05, 0) is 48.4 Å². The van der Waals surface area contributed by atoms with Crippen molar-refractivity contribution in [3.8, 4) is 11.5 Å². The fraction of sp³-hybridized carbons (Fsp3) is 0.125. The number of nitrogens with zero attached hydrogens (tertiary/aromatic N) is 1.